The summed E-state index contributed by atoms with van der Waals surface area (Å²) < 4.78 is 5.93. The SMILES string of the molecule is CC(=O)O[C@]1(C)CC[C@@H]2C(C)(C)CCC[C@]2(C)[C@H]1CC[C@H](C)CC(=O)O. The fourth-order valence-electron chi connectivity index (χ4n) is 6.54. The molecular formula is C22H38O4. The summed E-state index contributed by atoms with van der Waals surface area (Å²) in [4.78, 5) is 22.9. The van der Waals surface area contributed by atoms with Crippen molar-refractivity contribution in [1.29, 1.82) is 0 Å². The van der Waals surface area contributed by atoms with Gasteiger partial charge in [0.05, 0.1) is 0 Å². The Balaban J connectivity index is 2.29. The van der Waals surface area contributed by atoms with Gasteiger partial charge in [-0.05, 0) is 68.1 Å². The quantitative estimate of drug-likeness (QED) is 0.636. The van der Waals surface area contributed by atoms with Crippen molar-refractivity contribution in [3.63, 3.8) is 0 Å². The molecule has 0 bridgehead atoms. The number of carboxylic acid groups (broad SMARTS) is 1. The number of aliphatic carboxylic acids is 1. The number of carboxylic acids is 1. The number of ether oxygens (including phenoxy) is 1. The molecule has 0 saturated heterocycles. The van der Waals surface area contributed by atoms with Crippen LogP contribution in [0.4, 0.5) is 0 Å². The Morgan fingerprint density at radius 3 is 2.38 bits per heavy atom. The average Bonchev–Trinajstić information content (AvgIpc) is 2.43. The average molecular weight is 367 g/mol. The van der Waals surface area contributed by atoms with E-state index in [-0.39, 0.29) is 29.6 Å². The monoisotopic (exact) mass is 366 g/mol. The highest BCUT2D eigenvalue weighted by Gasteiger charge is 2.59. The van der Waals surface area contributed by atoms with Crippen molar-refractivity contribution in [2.75, 3.05) is 0 Å². The van der Waals surface area contributed by atoms with E-state index in [1.165, 1.54) is 26.2 Å². The van der Waals surface area contributed by atoms with Gasteiger partial charge in [-0.3, -0.25) is 9.59 Å². The van der Waals surface area contributed by atoms with Crippen LogP contribution in [-0.4, -0.2) is 22.6 Å². The second-order valence-corrected chi connectivity index (χ2v) is 10.2. The van der Waals surface area contributed by atoms with E-state index in [0.717, 1.165) is 25.7 Å². The fraction of sp³-hybridized carbons (Fsp3) is 0.909. The van der Waals surface area contributed by atoms with Crippen LogP contribution in [0, 0.1) is 28.6 Å². The van der Waals surface area contributed by atoms with E-state index in [1.54, 1.807) is 0 Å². The third kappa shape index (κ3) is 4.26. The Morgan fingerprint density at radius 1 is 1.15 bits per heavy atom. The Morgan fingerprint density at radius 2 is 1.81 bits per heavy atom. The van der Waals surface area contributed by atoms with Gasteiger partial charge in [-0.2, -0.15) is 0 Å². The molecule has 26 heavy (non-hydrogen) atoms. The Kier molecular flexibility index (Phi) is 6.14. The van der Waals surface area contributed by atoms with Crippen LogP contribution in [0.2, 0.25) is 0 Å². The predicted molar refractivity (Wildman–Crippen MR) is 103 cm³/mol. The Bertz CT molecular complexity index is 540. The molecule has 0 aromatic rings. The van der Waals surface area contributed by atoms with Crippen molar-refractivity contribution in [1.82, 2.24) is 0 Å². The van der Waals surface area contributed by atoms with Gasteiger partial charge < -0.3 is 9.84 Å². The van der Waals surface area contributed by atoms with Crippen molar-refractivity contribution in [3.05, 3.63) is 0 Å². The van der Waals surface area contributed by atoms with Gasteiger partial charge in [-0.15, -0.1) is 0 Å². The molecule has 0 aliphatic heterocycles. The molecule has 4 nitrogen and oxygen atoms in total. The topological polar surface area (TPSA) is 63.6 Å². The molecule has 0 amide bonds. The number of carbonyl (C=O) groups is 2. The summed E-state index contributed by atoms with van der Waals surface area (Å²) in [6, 6.07) is 0. The number of carbonyl (C=O) groups excluding carboxylic acids is 1. The summed E-state index contributed by atoms with van der Waals surface area (Å²) in [6.45, 7) is 12.8. The highest BCUT2D eigenvalue weighted by atomic mass is 16.6. The van der Waals surface area contributed by atoms with Crippen LogP contribution in [0.3, 0.4) is 0 Å². The highest BCUT2D eigenvalue weighted by molar-refractivity contribution is 5.67. The summed E-state index contributed by atoms with van der Waals surface area (Å²) in [5.41, 5.74) is 0.0239. The summed E-state index contributed by atoms with van der Waals surface area (Å²) in [6.07, 6.45) is 7.69. The zero-order valence-electron chi connectivity index (χ0n) is 17.6. The van der Waals surface area contributed by atoms with Crippen LogP contribution in [0.25, 0.3) is 0 Å². The molecule has 0 aromatic heterocycles. The summed E-state index contributed by atoms with van der Waals surface area (Å²) >= 11 is 0. The van der Waals surface area contributed by atoms with Crippen LogP contribution in [0.1, 0.15) is 92.9 Å². The maximum absolute atomic E-state index is 11.8. The summed E-state index contributed by atoms with van der Waals surface area (Å²) in [5, 5.41) is 9.08. The number of esters is 1. The molecule has 1 N–H and O–H groups in total. The lowest BCUT2D eigenvalue weighted by molar-refractivity contribution is -0.199. The van der Waals surface area contributed by atoms with Crippen molar-refractivity contribution in [3.8, 4) is 0 Å². The van der Waals surface area contributed by atoms with Crippen LogP contribution < -0.4 is 0 Å². The molecule has 4 heteroatoms. The van der Waals surface area contributed by atoms with Gasteiger partial charge in [0.1, 0.15) is 5.60 Å². The molecule has 0 aromatic carbocycles. The van der Waals surface area contributed by atoms with Crippen LogP contribution in [0.5, 0.6) is 0 Å². The number of hydrogen-bond donors (Lipinski definition) is 1. The highest BCUT2D eigenvalue weighted by Crippen LogP contribution is 2.63. The standard InChI is InChI=1S/C22H38O4/c1-15(14-19(24)25)8-9-18-21(5)12-7-11-20(3,4)17(21)10-13-22(18,6)26-16(2)23/h15,17-18H,7-14H2,1-6H3,(H,24,25)/t15-,17+,18+,21-,22+/m0/s1. The molecule has 2 fully saturated rings. The first kappa shape index (κ1) is 21.2. The van der Waals surface area contributed by atoms with Gasteiger partial charge in [-0.25, -0.2) is 0 Å². The van der Waals surface area contributed by atoms with Gasteiger partial charge in [0.15, 0.2) is 0 Å². The van der Waals surface area contributed by atoms with Gasteiger partial charge >= 0.3 is 11.9 Å². The summed E-state index contributed by atoms with van der Waals surface area (Å²) in [7, 11) is 0. The summed E-state index contributed by atoms with van der Waals surface area (Å²) in [5.74, 6) is 0.135. The van der Waals surface area contributed by atoms with E-state index in [1.807, 2.05) is 6.92 Å². The van der Waals surface area contributed by atoms with Gasteiger partial charge in [0.25, 0.3) is 0 Å². The van der Waals surface area contributed by atoms with E-state index in [9.17, 15) is 9.59 Å². The fourth-order valence-corrected chi connectivity index (χ4v) is 6.54. The van der Waals surface area contributed by atoms with Crippen molar-refractivity contribution >= 4 is 11.9 Å². The predicted octanol–water partition coefficient (Wildman–Crippen LogP) is 5.44. The molecule has 0 unspecified atom stereocenters. The molecule has 5 atom stereocenters. The van der Waals surface area contributed by atoms with E-state index in [0.29, 0.717) is 11.3 Å². The maximum atomic E-state index is 11.8. The van der Waals surface area contributed by atoms with Crippen molar-refractivity contribution < 1.29 is 19.4 Å². The molecule has 150 valence electrons. The number of fused-ring (bicyclic) bond motifs is 1. The Hall–Kier alpha value is -1.06. The minimum absolute atomic E-state index is 0.146. The normalized spacial score (nSPS) is 37.5. The smallest absolute Gasteiger partial charge is 0.303 e. The molecule has 2 saturated carbocycles. The molecule has 0 spiro atoms. The number of rotatable bonds is 6. The molecule has 2 aliphatic carbocycles. The second kappa shape index (κ2) is 7.52. The van der Waals surface area contributed by atoms with E-state index in [2.05, 4.69) is 27.7 Å². The minimum atomic E-state index is -0.730. The van der Waals surface area contributed by atoms with E-state index < -0.39 is 11.6 Å². The van der Waals surface area contributed by atoms with Gasteiger partial charge in [0.2, 0.25) is 0 Å². The van der Waals surface area contributed by atoms with E-state index >= 15 is 0 Å². The third-order valence-electron chi connectivity index (χ3n) is 7.59. The lowest BCUT2D eigenvalue weighted by atomic mass is 9.45. The third-order valence-corrected chi connectivity index (χ3v) is 7.59. The molecule has 0 heterocycles. The Labute approximate surface area is 159 Å². The molecule has 2 rings (SSSR count). The number of hydrogen-bond acceptors (Lipinski definition) is 3. The zero-order chi connectivity index (χ0) is 19.8. The lowest BCUT2D eigenvalue weighted by Gasteiger charge is -2.62. The molecule has 0 radical (unpaired) electrons. The van der Waals surface area contributed by atoms with Crippen LogP contribution in [-0.2, 0) is 14.3 Å². The first-order chi connectivity index (χ1) is 11.9. The first-order valence-corrected chi connectivity index (χ1v) is 10.3. The molecule has 2 aliphatic rings. The van der Waals surface area contributed by atoms with Crippen molar-refractivity contribution in [2.45, 2.75) is 98.5 Å². The van der Waals surface area contributed by atoms with E-state index in [4.69, 9.17) is 9.84 Å². The van der Waals surface area contributed by atoms with Crippen LogP contribution in [0.15, 0.2) is 0 Å². The lowest BCUT2D eigenvalue weighted by Crippen LogP contribution is -2.58. The largest absolute Gasteiger partial charge is 0.481 e. The maximum Gasteiger partial charge on any atom is 0.303 e. The second-order valence-electron chi connectivity index (χ2n) is 10.2. The minimum Gasteiger partial charge on any atom is -0.481 e. The van der Waals surface area contributed by atoms with Crippen molar-refractivity contribution in [2.24, 2.45) is 28.6 Å². The van der Waals surface area contributed by atoms with Gasteiger partial charge in [0, 0.05) is 19.3 Å². The molecular weight excluding hydrogens is 328 g/mol. The first-order valence-electron chi connectivity index (χ1n) is 10.3. The van der Waals surface area contributed by atoms with Crippen LogP contribution >= 0.6 is 0 Å². The zero-order valence-corrected chi connectivity index (χ0v) is 17.6. The van der Waals surface area contributed by atoms with Gasteiger partial charge in [-0.1, -0.05) is 34.1 Å².